The first-order valence-corrected chi connectivity index (χ1v) is 6.66. The highest BCUT2D eigenvalue weighted by atomic mass is 16.5. The van der Waals surface area contributed by atoms with E-state index >= 15 is 0 Å². The molecular weight excluding hydrogens is 268 g/mol. The third-order valence-electron chi connectivity index (χ3n) is 3.04. The summed E-state index contributed by atoms with van der Waals surface area (Å²) in [5, 5.41) is 9.69. The number of urea groups is 1. The summed E-state index contributed by atoms with van der Waals surface area (Å²) < 4.78 is 5.68. The zero-order valence-electron chi connectivity index (χ0n) is 11.6. The minimum atomic E-state index is -0.849. The lowest BCUT2D eigenvalue weighted by Crippen LogP contribution is -2.34. The zero-order chi connectivity index (χ0) is 15.1. The second-order valence-electron chi connectivity index (χ2n) is 4.63. The highest BCUT2D eigenvalue weighted by Crippen LogP contribution is 2.14. The molecule has 2 aromatic carbocycles. The van der Waals surface area contributed by atoms with Gasteiger partial charge in [0.15, 0.2) is 0 Å². The SMILES string of the molecule is NC(=O)N(O)CCc1ccc(OCc2ccccc2)cc1. The van der Waals surface area contributed by atoms with Gasteiger partial charge in [-0.2, -0.15) is 0 Å². The monoisotopic (exact) mass is 286 g/mol. The number of hydrogen-bond acceptors (Lipinski definition) is 3. The van der Waals surface area contributed by atoms with Crippen molar-refractivity contribution in [3.8, 4) is 5.75 Å². The first kappa shape index (κ1) is 14.9. The van der Waals surface area contributed by atoms with Crippen molar-refractivity contribution in [3.05, 3.63) is 65.7 Å². The molecule has 21 heavy (non-hydrogen) atoms. The molecule has 0 aromatic heterocycles. The van der Waals surface area contributed by atoms with Gasteiger partial charge in [0.1, 0.15) is 12.4 Å². The Bertz CT molecular complexity index is 570. The van der Waals surface area contributed by atoms with Gasteiger partial charge in [0.25, 0.3) is 0 Å². The Balaban J connectivity index is 1.83. The van der Waals surface area contributed by atoms with Crippen molar-refractivity contribution in [1.82, 2.24) is 5.06 Å². The maximum atomic E-state index is 10.7. The number of ether oxygens (including phenoxy) is 1. The van der Waals surface area contributed by atoms with Crippen LogP contribution >= 0.6 is 0 Å². The summed E-state index contributed by atoms with van der Waals surface area (Å²) in [4.78, 5) is 10.7. The Morgan fingerprint density at radius 2 is 1.71 bits per heavy atom. The van der Waals surface area contributed by atoms with Crippen LogP contribution in [0.15, 0.2) is 54.6 Å². The molecule has 5 nitrogen and oxygen atoms in total. The topological polar surface area (TPSA) is 75.8 Å². The standard InChI is InChI=1S/C16H18N2O3/c17-16(19)18(20)11-10-13-6-8-15(9-7-13)21-12-14-4-2-1-3-5-14/h1-9,20H,10-12H2,(H2,17,19). The molecule has 0 radical (unpaired) electrons. The lowest BCUT2D eigenvalue weighted by molar-refractivity contribution is -0.0382. The first-order chi connectivity index (χ1) is 10.1. The summed E-state index contributed by atoms with van der Waals surface area (Å²) in [6.07, 6.45) is 0.526. The fourth-order valence-electron chi connectivity index (χ4n) is 1.84. The molecule has 0 saturated heterocycles. The number of primary amides is 1. The predicted molar refractivity (Wildman–Crippen MR) is 79.0 cm³/mol. The number of nitrogens with two attached hydrogens (primary N) is 1. The predicted octanol–water partition coefficient (Wildman–Crippen LogP) is 2.58. The van der Waals surface area contributed by atoms with Crippen LogP contribution in [0.3, 0.4) is 0 Å². The number of rotatable bonds is 6. The smallest absolute Gasteiger partial charge is 0.338 e. The number of hydroxylamine groups is 2. The second kappa shape index (κ2) is 7.31. The van der Waals surface area contributed by atoms with Crippen LogP contribution in [0.25, 0.3) is 0 Å². The van der Waals surface area contributed by atoms with Crippen molar-refractivity contribution < 1.29 is 14.7 Å². The van der Waals surface area contributed by atoms with Gasteiger partial charge in [0.2, 0.25) is 0 Å². The molecule has 2 rings (SSSR count). The van der Waals surface area contributed by atoms with Crippen LogP contribution in [0.1, 0.15) is 11.1 Å². The highest BCUT2D eigenvalue weighted by molar-refractivity contribution is 5.70. The van der Waals surface area contributed by atoms with E-state index in [9.17, 15) is 10.0 Å². The van der Waals surface area contributed by atoms with Gasteiger partial charge in [-0.25, -0.2) is 9.86 Å². The fourth-order valence-corrected chi connectivity index (χ4v) is 1.84. The molecule has 110 valence electrons. The molecular formula is C16H18N2O3. The number of amides is 2. The van der Waals surface area contributed by atoms with Crippen molar-refractivity contribution in [2.45, 2.75) is 13.0 Å². The van der Waals surface area contributed by atoms with Crippen LogP contribution < -0.4 is 10.5 Å². The van der Waals surface area contributed by atoms with Crippen LogP contribution in [0, 0.1) is 0 Å². The van der Waals surface area contributed by atoms with Crippen molar-refractivity contribution in [2.24, 2.45) is 5.73 Å². The van der Waals surface area contributed by atoms with Crippen LogP contribution in [-0.2, 0) is 13.0 Å². The molecule has 0 atom stereocenters. The van der Waals surface area contributed by atoms with Gasteiger partial charge in [-0.3, -0.25) is 5.21 Å². The summed E-state index contributed by atoms with van der Waals surface area (Å²) in [6, 6.07) is 16.6. The molecule has 0 fully saturated rings. The summed E-state index contributed by atoms with van der Waals surface area (Å²) in [7, 11) is 0. The first-order valence-electron chi connectivity index (χ1n) is 6.66. The molecule has 0 unspecified atom stereocenters. The Labute approximate surface area is 123 Å². The van der Waals surface area contributed by atoms with E-state index in [0.29, 0.717) is 18.1 Å². The van der Waals surface area contributed by atoms with E-state index in [4.69, 9.17) is 10.5 Å². The van der Waals surface area contributed by atoms with Gasteiger partial charge in [0, 0.05) is 0 Å². The molecule has 0 saturated carbocycles. The van der Waals surface area contributed by atoms with Crippen LogP contribution in [0.5, 0.6) is 5.75 Å². The maximum Gasteiger partial charge on any atom is 0.338 e. The molecule has 3 N–H and O–H groups in total. The maximum absolute atomic E-state index is 10.7. The van der Waals surface area contributed by atoms with Gasteiger partial charge in [-0.15, -0.1) is 0 Å². The average molecular weight is 286 g/mol. The molecule has 0 aliphatic heterocycles. The minimum absolute atomic E-state index is 0.166. The van der Waals surface area contributed by atoms with E-state index < -0.39 is 6.03 Å². The van der Waals surface area contributed by atoms with Crippen LogP contribution in [0.2, 0.25) is 0 Å². The van der Waals surface area contributed by atoms with E-state index in [2.05, 4.69) is 0 Å². The van der Waals surface area contributed by atoms with E-state index in [1.807, 2.05) is 54.6 Å². The summed E-state index contributed by atoms with van der Waals surface area (Å²) in [6.45, 7) is 0.686. The summed E-state index contributed by atoms with van der Waals surface area (Å²) in [5.41, 5.74) is 7.03. The van der Waals surface area contributed by atoms with E-state index in [0.717, 1.165) is 16.9 Å². The van der Waals surface area contributed by atoms with Gasteiger partial charge in [-0.1, -0.05) is 42.5 Å². The van der Waals surface area contributed by atoms with E-state index in [1.54, 1.807) is 0 Å². The average Bonchev–Trinajstić information content (AvgIpc) is 2.52. The lowest BCUT2D eigenvalue weighted by Gasteiger charge is -2.12. The Morgan fingerprint density at radius 3 is 2.33 bits per heavy atom. The minimum Gasteiger partial charge on any atom is -0.489 e. The number of benzene rings is 2. The third-order valence-corrected chi connectivity index (χ3v) is 3.04. The molecule has 0 heterocycles. The van der Waals surface area contributed by atoms with Crippen LogP contribution in [-0.4, -0.2) is 22.8 Å². The molecule has 2 amide bonds. The second-order valence-corrected chi connectivity index (χ2v) is 4.63. The van der Waals surface area contributed by atoms with Gasteiger partial charge >= 0.3 is 6.03 Å². The number of hydrogen-bond donors (Lipinski definition) is 2. The third kappa shape index (κ3) is 4.81. The van der Waals surface area contributed by atoms with Gasteiger partial charge in [0.05, 0.1) is 6.54 Å². The van der Waals surface area contributed by atoms with Crippen molar-refractivity contribution in [1.29, 1.82) is 0 Å². The Kier molecular flexibility index (Phi) is 5.17. The van der Waals surface area contributed by atoms with Crippen molar-refractivity contribution >= 4 is 6.03 Å². The quantitative estimate of drug-likeness (QED) is 0.633. The number of carbonyl (C=O) groups is 1. The van der Waals surface area contributed by atoms with Crippen molar-refractivity contribution in [2.75, 3.05) is 6.54 Å². The Morgan fingerprint density at radius 1 is 1.05 bits per heavy atom. The molecule has 0 spiro atoms. The van der Waals surface area contributed by atoms with E-state index in [1.165, 1.54) is 0 Å². The lowest BCUT2D eigenvalue weighted by atomic mass is 10.1. The highest BCUT2D eigenvalue weighted by Gasteiger charge is 2.05. The molecule has 5 heteroatoms. The summed E-state index contributed by atoms with van der Waals surface area (Å²) >= 11 is 0. The molecule has 0 bridgehead atoms. The van der Waals surface area contributed by atoms with Gasteiger partial charge in [-0.05, 0) is 29.7 Å². The van der Waals surface area contributed by atoms with E-state index in [-0.39, 0.29) is 6.54 Å². The van der Waals surface area contributed by atoms with Crippen LogP contribution in [0.4, 0.5) is 4.79 Å². The normalized spacial score (nSPS) is 10.1. The Hall–Kier alpha value is -2.53. The zero-order valence-corrected chi connectivity index (χ0v) is 11.6. The number of nitrogens with zero attached hydrogens (tertiary/aromatic N) is 1. The molecule has 0 aliphatic carbocycles. The number of carbonyl (C=O) groups excluding carboxylic acids is 1. The van der Waals surface area contributed by atoms with Gasteiger partial charge < -0.3 is 10.5 Å². The molecule has 0 aliphatic rings. The fraction of sp³-hybridized carbons (Fsp3) is 0.188. The summed E-state index contributed by atoms with van der Waals surface area (Å²) in [5.74, 6) is 0.776. The molecule has 2 aromatic rings. The largest absolute Gasteiger partial charge is 0.489 e. The van der Waals surface area contributed by atoms with Crippen molar-refractivity contribution in [3.63, 3.8) is 0 Å².